The maximum atomic E-state index is 12.8. The Labute approximate surface area is 111 Å². The molecule has 2 aromatic rings. The molecule has 0 aliphatic carbocycles. The summed E-state index contributed by atoms with van der Waals surface area (Å²) >= 11 is 0. The molecule has 2 rings (SSSR count). The van der Waals surface area contributed by atoms with Crippen LogP contribution < -0.4 is 4.74 Å². The van der Waals surface area contributed by atoms with Crippen molar-refractivity contribution in [2.75, 3.05) is 0 Å². The van der Waals surface area contributed by atoms with E-state index in [2.05, 4.69) is 4.98 Å². The van der Waals surface area contributed by atoms with Gasteiger partial charge in [-0.1, -0.05) is 25.1 Å². The summed E-state index contributed by atoms with van der Waals surface area (Å²) < 4.78 is 17.8. The van der Waals surface area contributed by atoms with Gasteiger partial charge in [-0.3, -0.25) is 4.79 Å². The van der Waals surface area contributed by atoms with Crippen LogP contribution in [0.2, 0.25) is 0 Å². The van der Waals surface area contributed by atoms with Crippen LogP contribution in [0.3, 0.4) is 0 Å². The van der Waals surface area contributed by atoms with Gasteiger partial charge in [0.2, 0.25) is 5.88 Å². The second-order valence-corrected chi connectivity index (χ2v) is 4.14. The third-order valence-corrected chi connectivity index (χ3v) is 2.63. The van der Waals surface area contributed by atoms with Gasteiger partial charge in [0.15, 0.2) is 0 Å². The van der Waals surface area contributed by atoms with Gasteiger partial charge in [0, 0.05) is 18.7 Å². The average Bonchev–Trinajstić information content (AvgIpc) is 2.43. The number of hydrogen-bond acceptors (Lipinski definition) is 3. The number of ether oxygens (including phenoxy) is 1. The monoisotopic (exact) mass is 259 g/mol. The predicted octanol–water partition coefficient (Wildman–Crippen LogP) is 3.13. The Balaban J connectivity index is 2.02. The highest BCUT2D eigenvalue weighted by Crippen LogP contribution is 2.13. The van der Waals surface area contributed by atoms with Crippen molar-refractivity contribution in [3.8, 4) is 5.88 Å². The Morgan fingerprint density at radius 3 is 2.42 bits per heavy atom. The summed E-state index contributed by atoms with van der Waals surface area (Å²) in [4.78, 5) is 15.2. The lowest BCUT2D eigenvalue weighted by Gasteiger charge is -2.04. The van der Waals surface area contributed by atoms with E-state index in [0.29, 0.717) is 18.7 Å². The second-order valence-electron chi connectivity index (χ2n) is 4.14. The van der Waals surface area contributed by atoms with E-state index >= 15 is 0 Å². The van der Waals surface area contributed by atoms with Crippen molar-refractivity contribution in [1.82, 2.24) is 4.98 Å². The summed E-state index contributed by atoms with van der Waals surface area (Å²) in [5.74, 6) is -0.253. The molecule has 0 saturated carbocycles. The third-order valence-electron chi connectivity index (χ3n) is 2.63. The maximum absolute atomic E-state index is 12.8. The minimum absolute atomic E-state index is 0.247. The van der Waals surface area contributed by atoms with Crippen LogP contribution in [0.1, 0.15) is 24.5 Å². The maximum Gasteiger partial charge on any atom is 0.312 e. The summed E-state index contributed by atoms with van der Waals surface area (Å²) in [5.41, 5.74) is 1.98. The van der Waals surface area contributed by atoms with Crippen molar-refractivity contribution in [2.45, 2.75) is 19.8 Å². The van der Waals surface area contributed by atoms with Gasteiger partial charge in [-0.25, -0.2) is 9.37 Å². The molecular formula is C15H14FNO2. The van der Waals surface area contributed by atoms with Crippen molar-refractivity contribution in [3.63, 3.8) is 0 Å². The van der Waals surface area contributed by atoms with Gasteiger partial charge < -0.3 is 4.74 Å². The first kappa shape index (κ1) is 13.2. The lowest BCUT2D eigenvalue weighted by molar-refractivity contribution is -0.134. The van der Waals surface area contributed by atoms with Crippen LogP contribution in [-0.4, -0.2) is 11.0 Å². The van der Waals surface area contributed by atoms with Gasteiger partial charge >= 0.3 is 5.97 Å². The number of aromatic nitrogens is 1. The summed E-state index contributed by atoms with van der Waals surface area (Å²) in [5, 5.41) is 0. The van der Waals surface area contributed by atoms with E-state index < -0.39 is 0 Å². The Hall–Kier alpha value is -2.23. The SMILES string of the molecule is CCC(=O)Oc1ccc(Cc2ccc(F)cc2)cn1. The van der Waals surface area contributed by atoms with E-state index in [4.69, 9.17) is 4.74 Å². The quantitative estimate of drug-likeness (QED) is 0.792. The number of hydrogen-bond donors (Lipinski definition) is 0. The first-order valence-electron chi connectivity index (χ1n) is 6.07. The molecule has 19 heavy (non-hydrogen) atoms. The number of benzene rings is 1. The van der Waals surface area contributed by atoms with Crippen LogP contribution in [0.15, 0.2) is 42.6 Å². The fourth-order valence-corrected chi connectivity index (χ4v) is 1.60. The molecule has 1 aromatic carbocycles. The molecule has 0 aliphatic rings. The highest BCUT2D eigenvalue weighted by molar-refractivity contribution is 5.71. The number of carbonyl (C=O) groups is 1. The zero-order valence-corrected chi connectivity index (χ0v) is 10.6. The van der Waals surface area contributed by atoms with Crippen LogP contribution in [0.25, 0.3) is 0 Å². The largest absolute Gasteiger partial charge is 0.407 e. The van der Waals surface area contributed by atoms with Crippen molar-refractivity contribution >= 4 is 5.97 Å². The van der Waals surface area contributed by atoms with E-state index in [1.165, 1.54) is 12.1 Å². The van der Waals surface area contributed by atoms with Gasteiger partial charge in [-0.15, -0.1) is 0 Å². The summed E-state index contributed by atoms with van der Waals surface area (Å²) in [6.07, 6.45) is 2.63. The second kappa shape index (κ2) is 6.09. The minimum Gasteiger partial charge on any atom is -0.407 e. The van der Waals surface area contributed by atoms with Crippen molar-refractivity contribution in [2.24, 2.45) is 0 Å². The Morgan fingerprint density at radius 2 is 1.84 bits per heavy atom. The normalized spacial score (nSPS) is 10.2. The molecule has 0 bridgehead atoms. The summed E-state index contributed by atoms with van der Waals surface area (Å²) in [7, 11) is 0. The lowest BCUT2D eigenvalue weighted by Crippen LogP contribution is -2.06. The number of carbonyl (C=O) groups excluding carboxylic acids is 1. The molecule has 0 amide bonds. The van der Waals surface area contributed by atoms with E-state index in [1.54, 1.807) is 31.3 Å². The van der Waals surface area contributed by atoms with E-state index in [9.17, 15) is 9.18 Å². The van der Waals surface area contributed by atoms with Crippen LogP contribution in [-0.2, 0) is 11.2 Å². The molecule has 0 atom stereocenters. The first-order chi connectivity index (χ1) is 9.17. The molecule has 0 saturated heterocycles. The molecule has 0 aliphatic heterocycles. The zero-order valence-electron chi connectivity index (χ0n) is 10.6. The molecule has 1 aromatic heterocycles. The van der Waals surface area contributed by atoms with Gasteiger partial charge in [0.25, 0.3) is 0 Å². The van der Waals surface area contributed by atoms with Gasteiger partial charge in [0.1, 0.15) is 5.82 Å². The highest BCUT2D eigenvalue weighted by atomic mass is 19.1. The molecule has 0 N–H and O–H groups in total. The third kappa shape index (κ3) is 3.88. The fourth-order valence-electron chi connectivity index (χ4n) is 1.60. The van der Waals surface area contributed by atoms with Crippen molar-refractivity contribution < 1.29 is 13.9 Å². The Bertz CT molecular complexity index is 549. The van der Waals surface area contributed by atoms with E-state index in [0.717, 1.165) is 11.1 Å². The first-order valence-corrected chi connectivity index (χ1v) is 6.07. The number of rotatable bonds is 4. The summed E-state index contributed by atoms with van der Waals surface area (Å²) in [6, 6.07) is 9.84. The Morgan fingerprint density at radius 1 is 1.16 bits per heavy atom. The summed E-state index contributed by atoms with van der Waals surface area (Å²) in [6.45, 7) is 1.73. The van der Waals surface area contributed by atoms with Crippen LogP contribution in [0.5, 0.6) is 5.88 Å². The highest BCUT2D eigenvalue weighted by Gasteiger charge is 2.03. The van der Waals surface area contributed by atoms with E-state index in [1.807, 2.05) is 6.07 Å². The van der Waals surface area contributed by atoms with Crippen LogP contribution in [0.4, 0.5) is 4.39 Å². The standard InChI is InChI=1S/C15H14FNO2/c1-2-15(18)19-14-8-5-12(10-17-14)9-11-3-6-13(16)7-4-11/h3-8,10H,2,9H2,1H3. The topological polar surface area (TPSA) is 39.2 Å². The Kier molecular flexibility index (Phi) is 4.23. The minimum atomic E-state index is -0.307. The molecular weight excluding hydrogens is 245 g/mol. The van der Waals surface area contributed by atoms with E-state index in [-0.39, 0.29) is 11.8 Å². The number of nitrogens with zero attached hydrogens (tertiary/aromatic N) is 1. The smallest absolute Gasteiger partial charge is 0.312 e. The molecule has 98 valence electrons. The zero-order chi connectivity index (χ0) is 13.7. The van der Waals surface area contributed by atoms with Crippen LogP contribution >= 0.6 is 0 Å². The molecule has 0 unspecified atom stereocenters. The van der Waals surface area contributed by atoms with Gasteiger partial charge in [-0.2, -0.15) is 0 Å². The molecule has 0 spiro atoms. The molecule has 3 nitrogen and oxygen atoms in total. The van der Waals surface area contributed by atoms with Crippen molar-refractivity contribution in [3.05, 3.63) is 59.5 Å². The lowest BCUT2D eigenvalue weighted by atomic mass is 10.1. The molecule has 0 fully saturated rings. The average molecular weight is 259 g/mol. The molecule has 1 heterocycles. The molecule has 4 heteroatoms. The van der Waals surface area contributed by atoms with Crippen molar-refractivity contribution in [1.29, 1.82) is 0 Å². The predicted molar refractivity (Wildman–Crippen MR) is 69.4 cm³/mol. The van der Waals surface area contributed by atoms with Gasteiger partial charge in [-0.05, 0) is 29.7 Å². The van der Waals surface area contributed by atoms with Crippen LogP contribution in [0, 0.1) is 5.82 Å². The number of halogens is 1. The van der Waals surface area contributed by atoms with Gasteiger partial charge in [0.05, 0.1) is 0 Å². The number of pyridine rings is 1. The number of esters is 1. The molecule has 0 radical (unpaired) electrons. The fraction of sp³-hybridized carbons (Fsp3) is 0.200.